The Morgan fingerprint density at radius 2 is 2.00 bits per heavy atom. The van der Waals surface area contributed by atoms with Gasteiger partial charge in [0, 0.05) is 27.2 Å². The number of rotatable bonds is 3. The van der Waals surface area contributed by atoms with Crippen molar-refractivity contribution in [3.63, 3.8) is 0 Å². The van der Waals surface area contributed by atoms with Crippen molar-refractivity contribution in [2.24, 2.45) is 0 Å². The van der Waals surface area contributed by atoms with Crippen molar-refractivity contribution < 1.29 is 19.1 Å². The highest BCUT2D eigenvalue weighted by molar-refractivity contribution is 5.96. The van der Waals surface area contributed by atoms with E-state index in [1.165, 1.54) is 18.2 Å². The molecule has 24 heavy (non-hydrogen) atoms. The summed E-state index contributed by atoms with van der Waals surface area (Å²) in [6.45, 7) is 6.56. The number of methoxy groups -OCH3 is 1. The molecular weight excluding hydrogens is 312 g/mol. The lowest BCUT2D eigenvalue weighted by atomic mass is 10.2. The molecule has 0 aliphatic carbocycles. The Morgan fingerprint density at radius 1 is 1.33 bits per heavy atom. The Bertz CT molecular complexity index is 641. The van der Waals surface area contributed by atoms with Gasteiger partial charge < -0.3 is 14.4 Å². The fourth-order valence-electron chi connectivity index (χ4n) is 2.27. The van der Waals surface area contributed by atoms with Crippen LogP contribution in [-0.2, 0) is 4.74 Å². The van der Waals surface area contributed by atoms with Gasteiger partial charge in [0.1, 0.15) is 11.3 Å². The number of aromatic nitrogens is 1. The lowest BCUT2D eigenvalue weighted by molar-refractivity contribution is 0.0589. The molecule has 8 heteroatoms. The number of anilines is 2. The first kappa shape index (κ1) is 17.8. The fourth-order valence-corrected chi connectivity index (χ4v) is 2.27. The van der Waals surface area contributed by atoms with E-state index in [-0.39, 0.29) is 6.03 Å². The minimum Gasteiger partial charge on any atom is -0.480 e. The van der Waals surface area contributed by atoms with E-state index < -0.39 is 11.7 Å². The largest absolute Gasteiger partial charge is 0.480 e. The number of carbonyl (C=O) groups excluding carboxylic acids is 2. The van der Waals surface area contributed by atoms with Crippen LogP contribution in [0.1, 0.15) is 20.8 Å². The molecule has 8 nitrogen and oxygen atoms in total. The first-order valence-electron chi connectivity index (χ1n) is 7.67. The van der Waals surface area contributed by atoms with Crippen LogP contribution in [0.25, 0.3) is 0 Å². The maximum absolute atomic E-state index is 12.2. The van der Waals surface area contributed by atoms with E-state index in [4.69, 9.17) is 9.47 Å². The van der Waals surface area contributed by atoms with Gasteiger partial charge in [0.25, 0.3) is 0 Å². The van der Waals surface area contributed by atoms with Gasteiger partial charge in [0.2, 0.25) is 5.88 Å². The summed E-state index contributed by atoms with van der Waals surface area (Å²) in [5.74, 6) is 0.333. The standard InChI is InChI=1S/C16H24N4O4/c1-16(2,3)24-15(22)19(5)11-9-12(13(23-6)17-10-11)20-8-7-18(4)14(20)21/h9-10H,7-8H2,1-6H3. The number of carbonyl (C=O) groups is 2. The third kappa shape index (κ3) is 3.69. The third-order valence-corrected chi connectivity index (χ3v) is 3.57. The molecule has 0 radical (unpaired) electrons. The van der Waals surface area contributed by atoms with Gasteiger partial charge >= 0.3 is 12.1 Å². The van der Waals surface area contributed by atoms with E-state index in [1.807, 2.05) is 0 Å². The van der Waals surface area contributed by atoms with Gasteiger partial charge in [0.15, 0.2) is 0 Å². The van der Waals surface area contributed by atoms with Crippen LogP contribution in [0, 0.1) is 0 Å². The normalized spacial score (nSPS) is 14.8. The maximum atomic E-state index is 12.2. The first-order valence-corrected chi connectivity index (χ1v) is 7.67. The average Bonchev–Trinajstić information content (AvgIpc) is 2.84. The summed E-state index contributed by atoms with van der Waals surface area (Å²) in [4.78, 5) is 33.2. The van der Waals surface area contributed by atoms with Crippen molar-refractivity contribution in [3.05, 3.63) is 12.3 Å². The van der Waals surface area contributed by atoms with Gasteiger partial charge in [-0.05, 0) is 26.8 Å². The van der Waals surface area contributed by atoms with Gasteiger partial charge in [-0.25, -0.2) is 14.6 Å². The molecule has 0 bridgehead atoms. The second kappa shape index (κ2) is 6.54. The van der Waals surface area contributed by atoms with Crippen LogP contribution in [0.15, 0.2) is 12.3 Å². The number of pyridine rings is 1. The Labute approximate surface area is 141 Å². The number of amides is 3. The molecule has 3 amide bonds. The summed E-state index contributed by atoms with van der Waals surface area (Å²) in [5.41, 5.74) is 0.448. The smallest absolute Gasteiger partial charge is 0.414 e. The third-order valence-electron chi connectivity index (χ3n) is 3.57. The molecule has 0 unspecified atom stereocenters. The minimum atomic E-state index is -0.596. The fraction of sp³-hybridized carbons (Fsp3) is 0.562. The van der Waals surface area contributed by atoms with E-state index in [1.54, 1.807) is 50.7 Å². The highest BCUT2D eigenvalue weighted by atomic mass is 16.6. The molecule has 1 aromatic rings. The number of likely N-dealkylation sites (N-methyl/N-ethyl adjacent to an activating group) is 1. The van der Waals surface area contributed by atoms with Crippen LogP contribution in [0.5, 0.6) is 5.88 Å². The number of urea groups is 1. The molecule has 1 aromatic heterocycles. The molecule has 2 rings (SSSR count). The Morgan fingerprint density at radius 3 is 2.50 bits per heavy atom. The van der Waals surface area contributed by atoms with Crippen LogP contribution in [0.3, 0.4) is 0 Å². The van der Waals surface area contributed by atoms with Crippen LogP contribution in [0.2, 0.25) is 0 Å². The lowest BCUT2D eigenvalue weighted by Gasteiger charge is -2.25. The maximum Gasteiger partial charge on any atom is 0.414 e. The summed E-state index contributed by atoms with van der Waals surface area (Å²) in [6, 6.07) is 1.57. The molecule has 0 N–H and O–H groups in total. The van der Waals surface area contributed by atoms with Crippen molar-refractivity contribution in [2.75, 3.05) is 44.1 Å². The van der Waals surface area contributed by atoms with Crippen molar-refractivity contribution in [3.8, 4) is 5.88 Å². The highest BCUT2D eigenvalue weighted by Gasteiger charge is 2.30. The molecule has 0 spiro atoms. The molecule has 1 aliphatic heterocycles. The van der Waals surface area contributed by atoms with E-state index in [2.05, 4.69) is 4.98 Å². The topological polar surface area (TPSA) is 75.2 Å². The highest BCUT2D eigenvalue weighted by Crippen LogP contribution is 2.32. The van der Waals surface area contributed by atoms with Crippen molar-refractivity contribution in [1.82, 2.24) is 9.88 Å². The van der Waals surface area contributed by atoms with E-state index >= 15 is 0 Å². The van der Waals surface area contributed by atoms with Gasteiger partial charge in [-0.15, -0.1) is 0 Å². The van der Waals surface area contributed by atoms with Gasteiger partial charge in [-0.1, -0.05) is 0 Å². The van der Waals surface area contributed by atoms with Crippen LogP contribution >= 0.6 is 0 Å². The van der Waals surface area contributed by atoms with E-state index in [0.29, 0.717) is 30.3 Å². The van der Waals surface area contributed by atoms with Crippen molar-refractivity contribution in [2.45, 2.75) is 26.4 Å². The number of hydrogen-bond acceptors (Lipinski definition) is 5. The van der Waals surface area contributed by atoms with E-state index in [0.717, 1.165) is 0 Å². The molecule has 1 fully saturated rings. The zero-order valence-corrected chi connectivity index (χ0v) is 15.0. The summed E-state index contributed by atoms with van der Waals surface area (Å²) in [5, 5.41) is 0. The van der Waals surface area contributed by atoms with Gasteiger partial charge in [-0.2, -0.15) is 0 Å². The van der Waals surface area contributed by atoms with Gasteiger partial charge in [0.05, 0.1) is 19.0 Å². The predicted molar refractivity (Wildman–Crippen MR) is 90.8 cm³/mol. The zero-order valence-electron chi connectivity index (χ0n) is 15.0. The molecule has 2 heterocycles. The molecule has 0 atom stereocenters. The monoisotopic (exact) mass is 336 g/mol. The molecule has 1 aliphatic rings. The second-order valence-electron chi connectivity index (χ2n) is 6.62. The Hall–Kier alpha value is -2.51. The average molecular weight is 336 g/mol. The molecule has 1 saturated heterocycles. The minimum absolute atomic E-state index is 0.132. The number of hydrogen-bond donors (Lipinski definition) is 0. The Balaban J connectivity index is 2.31. The van der Waals surface area contributed by atoms with Crippen molar-refractivity contribution >= 4 is 23.5 Å². The number of ether oxygens (including phenoxy) is 2. The van der Waals surface area contributed by atoms with Crippen LogP contribution in [-0.4, -0.2) is 61.9 Å². The molecular formula is C16H24N4O4. The summed E-state index contributed by atoms with van der Waals surface area (Å²) < 4.78 is 10.6. The molecule has 0 saturated carbocycles. The summed E-state index contributed by atoms with van der Waals surface area (Å²) >= 11 is 0. The van der Waals surface area contributed by atoms with E-state index in [9.17, 15) is 9.59 Å². The lowest BCUT2D eigenvalue weighted by Crippen LogP contribution is -2.34. The predicted octanol–water partition coefficient (Wildman–Crippen LogP) is 2.33. The quantitative estimate of drug-likeness (QED) is 0.847. The Kier molecular flexibility index (Phi) is 4.86. The molecule has 132 valence electrons. The SMILES string of the molecule is COc1ncc(N(C)C(=O)OC(C)(C)C)cc1N1CCN(C)C1=O. The summed E-state index contributed by atoms with van der Waals surface area (Å²) in [6.07, 6.45) is 1.02. The van der Waals surface area contributed by atoms with Crippen LogP contribution < -0.4 is 14.5 Å². The van der Waals surface area contributed by atoms with Crippen molar-refractivity contribution in [1.29, 1.82) is 0 Å². The van der Waals surface area contributed by atoms with Crippen LogP contribution in [0.4, 0.5) is 21.0 Å². The van der Waals surface area contributed by atoms with Gasteiger partial charge in [-0.3, -0.25) is 9.80 Å². The second-order valence-corrected chi connectivity index (χ2v) is 6.62. The first-order chi connectivity index (χ1) is 11.1. The number of nitrogens with zero attached hydrogens (tertiary/aromatic N) is 4. The summed E-state index contributed by atoms with van der Waals surface area (Å²) in [7, 11) is 4.82. The molecule has 0 aromatic carbocycles. The zero-order chi connectivity index (χ0) is 18.1.